The number of fused-ring (bicyclic) bond motifs is 1. The highest BCUT2D eigenvalue weighted by Gasteiger charge is 2.19. The number of esters is 1. The number of benzene rings is 1. The second-order valence-electron chi connectivity index (χ2n) is 4.21. The number of likely N-dealkylation sites (N-methyl/N-ethyl adjacent to an activating group) is 1. The van der Waals surface area contributed by atoms with Crippen molar-refractivity contribution in [1.82, 2.24) is 10.3 Å². The van der Waals surface area contributed by atoms with Crippen LogP contribution in [-0.4, -0.2) is 29.5 Å². The summed E-state index contributed by atoms with van der Waals surface area (Å²) in [6, 6.07) is 9.26. The molecule has 2 aromatic rings. The number of hydrogen-bond donors (Lipinski definition) is 2. The van der Waals surface area contributed by atoms with Crippen molar-refractivity contribution in [3.63, 3.8) is 0 Å². The van der Waals surface area contributed by atoms with E-state index in [0.717, 1.165) is 10.9 Å². The van der Waals surface area contributed by atoms with Crippen LogP contribution in [0.1, 0.15) is 24.3 Å². The Morgan fingerprint density at radius 3 is 2.79 bits per heavy atom. The lowest BCUT2D eigenvalue weighted by Crippen LogP contribution is -2.35. The topological polar surface area (TPSA) is 71.2 Å². The smallest absolute Gasteiger partial charge is 0.355 e. The zero-order valence-electron chi connectivity index (χ0n) is 10.9. The average molecular weight is 260 g/mol. The van der Waals surface area contributed by atoms with Crippen molar-refractivity contribution < 1.29 is 14.3 Å². The van der Waals surface area contributed by atoms with Crippen molar-refractivity contribution >= 4 is 22.8 Å². The summed E-state index contributed by atoms with van der Waals surface area (Å²) in [6.45, 7) is 3.86. The molecular formula is C14H16N2O3. The molecule has 1 atom stereocenters. The number of rotatable bonds is 4. The molecule has 0 spiro atoms. The molecule has 5 nitrogen and oxygen atoms in total. The third kappa shape index (κ3) is 2.93. The minimum Gasteiger partial charge on any atom is -0.448 e. The Labute approximate surface area is 110 Å². The van der Waals surface area contributed by atoms with Gasteiger partial charge in [-0.2, -0.15) is 0 Å². The van der Waals surface area contributed by atoms with Gasteiger partial charge in [0, 0.05) is 17.4 Å². The summed E-state index contributed by atoms with van der Waals surface area (Å²) < 4.78 is 5.10. The maximum atomic E-state index is 11.9. The molecule has 0 aliphatic heterocycles. The first kappa shape index (κ1) is 13.1. The molecule has 1 aromatic heterocycles. The average Bonchev–Trinajstić information content (AvgIpc) is 2.82. The highest BCUT2D eigenvalue weighted by Crippen LogP contribution is 2.15. The molecule has 0 unspecified atom stereocenters. The van der Waals surface area contributed by atoms with E-state index in [9.17, 15) is 9.59 Å². The van der Waals surface area contributed by atoms with Crippen LogP contribution in [0.5, 0.6) is 0 Å². The number of ether oxygens (including phenoxy) is 1. The highest BCUT2D eigenvalue weighted by molar-refractivity contribution is 5.96. The molecule has 0 fully saturated rings. The number of para-hydroxylation sites is 1. The standard InChI is InChI=1S/C14H16N2O3/c1-3-15-13(17)9(2)19-14(18)12-8-10-6-4-5-7-11(10)16-12/h4-9,16H,3H2,1-2H3,(H,15,17)/t9-/m0/s1. The maximum Gasteiger partial charge on any atom is 0.355 e. The lowest BCUT2D eigenvalue weighted by atomic mass is 10.2. The molecule has 0 saturated carbocycles. The maximum absolute atomic E-state index is 11.9. The van der Waals surface area contributed by atoms with Crippen molar-refractivity contribution in [2.45, 2.75) is 20.0 Å². The normalized spacial score (nSPS) is 12.1. The van der Waals surface area contributed by atoms with E-state index in [4.69, 9.17) is 4.74 Å². The first-order valence-electron chi connectivity index (χ1n) is 6.18. The van der Waals surface area contributed by atoms with E-state index in [0.29, 0.717) is 12.2 Å². The van der Waals surface area contributed by atoms with Crippen molar-refractivity contribution in [1.29, 1.82) is 0 Å². The second-order valence-corrected chi connectivity index (χ2v) is 4.21. The number of H-pyrrole nitrogens is 1. The summed E-state index contributed by atoms with van der Waals surface area (Å²) in [4.78, 5) is 26.3. The minimum absolute atomic E-state index is 0.299. The van der Waals surface area contributed by atoms with Gasteiger partial charge < -0.3 is 15.0 Å². The van der Waals surface area contributed by atoms with E-state index in [1.54, 1.807) is 13.0 Å². The fourth-order valence-electron chi connectivity index (χ4n) is 1.78. The van der Waals surface area contributed by atoms with Crippen LogP contribution in [0, 0.1) is 0 Å². The van der Waals surface area contributed by atoms with E-state index in [-0.39, 0.29) is 5.91 Å². The zero-order chi connectivity index (χ0) is 13.8. The van der Waals surface area contributed by atoms with E-state index < -0.39 is 12.1 Å². The van der Waals surface area contributed by atoms with Crippen molar-refractivity contribution in [2.75, 3.05) is 6.54 Å². The van der Waals surface area contributed by atoms with Crippen LogP contribution in [0.15, 0.2) is 30.3 Å². The van der Waals surface area contributed by atoms with E-state index in [2.05, 4.69) is 10.3 Å². The van der Waals surface area contributed by atoms with Gasteiger partial charge in [-0.1, -0.05) is 18.2 Å². The van der Waals surface area contributed by atoms with Crippen LogP contribution >= 0.6 is 0 Å². The number of aromatic nitrogens is 1. The fraction of sp³-hybridized carbons (Fsp3) is 0.286. The predicted molar refractivity (Wildman–Crippen MR) is 71.9 cm³/mol. The molecule has 100 valence electrons. The van der Waals surface area contributed by atoms with Gasteiger partial charge in [-0.25, -0.2) is 4.79 Å². The molecule has 0 saturated heterocycles. The summed E-state index contributed by atoms with van der Waals surface area (Å²) in [5, 5.41) is 3.53. The monoisotopic (exact) mass is 260 g/mol. The predicted octanol–water partition coefficient (Wildman–Crippen LogP) is 1.85. The third-order valence-electron chi connectivity index (χ3n) is 2.75. The molecule has 19 heavy (non-hydrogen) atoms. The number of carbonyl (C=O) groups is 2. The summed E-state index contributed by atoms with van der Waals surface area (Å²) in [5.74, 6) is -0.832. The summed E-state index contributed by atoms with van der Waals surface area (Å²) in [5.41, 5.74) is 1.21. The van der Waals surface area contributed by atoms with Gasteiger partial charge >= 0.3 is 5.97 Å². The molecule has 1 amide bonds. The Morgan fingerprint density at radius 1 is 1.37 bits per heavy atom. The fourth-order valence-corrected chi connectivity index (χ4v) is 1.78. The summed E-state index contributed by atoms with van der Waals surface area (Å²) in [6.07, 6.45) is -0.807. The molecule has 1 aromatic carbocycles. The molecule has 1 heterocycles. The van der Waals surface area contributed by atoms with Crippen LogP contribution in [0.3, 0.4) is 0 Å². The number of carbonyl (C=O) groups excluding carboxylic acids is 2. The Bertz CT molecular complexity index is 571. The Hall–Kier alpha value is -2.30. The van der Waals surface area contributed by atoms with Gasteiger partial charge in [0.1, 0.15) is 5.69 Å². The number of nitrogens with one attached hydrogen (secondary N) is 2. The van der Waals surface area contributed by atoms with E-state index in [1.165, 1.54) is 0 Å². The molecule has 0 aliphatic rings. The first-order chi connectivity index (χ1) is 9.11. The van der Waals surface area contributed by atoms with Crippen molar-refractivity contribution in [2.24, 2.45) is 0 Å². The minimum atomic E-state index is -0.807. The third-order valence-corrected chi connectivity index (χ3v) is 2.75. The molecule has 2 N–H and O–H groups in total. The van der Waals surface area contributed by atoms with Crippen molar-refractivity contribution in [3.8, 4) is 0 Å². The van der Waals surface area contributed by atoms with Gasteiger partial charge in [0.15, 0.2) is 6.10 Å². The molecule has 0 radical (unpaired) electrons. The quantitative estimate of drug-likeness (QED) is 0.824. The summed E-state index contributed by atoms with van der Waals surface area (Å²) >= 11 is 0. The van der Waals surface area contributed by atoms with Gasteiger partial charge in [0.2, 0.25) is 0 Å². The lowest BCUT2D eigenvalue weighted by Gasteiger charge is -2.11. The van der Waals surface area contributed by atoms with E-state index in [1.807, 2.05) is 31.2 Å². The SMILES string of the molecule is CCNC(=O)[C@H](C)OC(=O)c1cc2ccccc2[nH]1. The van der Waals surface area contributed by atoms with E-state index >= 15 is 0 Å². The Kier molecular flexibility index (Phi) is 3.85. The zero-order valence-corrected chi connectivity index (χ0v) is 10.9. The van der Waals surface area contributed by atoms with Crippen LogP contribution in [0.2, 0.25) is 0 Å². The van der Waals surface area contributed by atoms with Gasteiger partial charge in [0.25, 0.3) is 5.91 Å². The number of amides is 1. The second kappa shape index (κ2) is 5.56. The molecular weight excluding hydrogens is 244 g/mol. The molecule has 0 aliphatic carbocycles. The van der Waals surface area contributed by atoms with Crippen LogP contribution in [0.25, 0.3) is 10.9 Å². The molecule has 0 bridgehead atoms. The summed E-state index contributed by atoms with van der Waals surface area (Å²) in [7, 11) is 0. The van der Waals surface area contributed by atoms with Gasteiger partial charge in [0.05, 0.1) is 0 Å². The van der Waals surface area contributed by atoms with Gasteiger partial charge in [-0.3, -0.25) is 4.79 Å². The van der Waals surface area contributed by atoms with Crippen LogP contribution < -0.4 is 5.32 Å². The van der Waals surface area contributed by atoms with Gasteiger partial charge in [-0.15, -0.1) is 0 Å². The van der Waals surface area contributed by atoms with Gasteiger partial charge in [-0.05, 0) is 26.0 Å². The van der Waals surface area contributed by atoms with Crippen LogP contribution in [0.4, 0.5) is 0 Å². The Morgan fingerprint density at radius 2 is 2.11 bits per heavy atom. The molecule has 2 rings (SSSR count). The first-order valence-corrected chi connectivity index (χ1v) is 6.18. The largest absolute Gasteiger partial charge is 0.448 e. The number of aromatic amines is 1. The number of hydrogen-bond acceptors (Lipinski definition) is 3. The van der Waals surface area contributed by atoms with Crippen molar-refractivity contribution in [3.05, 3.63) is 36.0 Å². The van der Waals surface area contributed by atoms with Crippen LogP contribution in [-0.2, 0) is 9.53 Å². The highest BCUT2D eigenvalue weighted by atomic mass is 16.5. The molecule has 5 heteroatoms. The Balaban J connectivity index is 2.09. The lowest BCUT2D eigenvalue weighted by molar-refractivity contribution is -0.128.